The van der Waals surface area contributed by atoms with Gasteiger partial charge in [0.1, 0.15) is 29.0 Å². The summed E-state index contributed by atoms with van der Waals surface area (Å²) in [7, 11) is 0. The zero-order chi connectivity index (χ0) is 21.3. The minimum Gasteiger partial charge on any atom is -0.490 e. The highest BCUT2D eigenvalue weighted by Gasteiger charge is 2.34. The van der Waals surface area contributed by atoms with Gasteiger partial charge in [-0.1, -0.05) is 23.7 Å². The molecule has 0 bridgehead atoms. The maximum atomic E-state index is 13.8. The summed E-state index contributed by atoms with van der Waals surface area (Å²) in [6, 6.07) is 10.7. The van der Waals surface area contributed by atoms with Crippen molar-refractivity contribution in [3.8, 4) is 17.1 Å². The van der Waals surface area contributed by atoms with E-state index in [2.05, 4.69) is 0 Å². The van der Waals surface area contributed by atoms with Crippen LogP contribution in [0.5, 0.6) is 5.75 Å². The van der Waals surface area contributed by atoms with Crippen LogP contribution < -0.4 is 10.2 Å². The Morgan fingerprint density at radius 3 is 2.73 bits per heavy atom. The van der Waals surface area contributed by atoms with Gasteiger partial charge in [-0.15, -0.1) is 0 Å². The van der Waals surface area contributed by atoms with Gasteiger partial charge in [0.2, 0.25) is 0 Å². The third kappa shape index (κ3) is 4.04. The Hall–Kier alpha value is -2.90. The fraction of sp³-hybridized carbons (Fsp3) is 0.273. The highest BCUT2D eigenvalue weighted by molar-refractivity contribution is 6.34. The van der Waals surface area contributed by atoms with Crippen molar-refractivity contribution >= 4 is 28.5 Å². The molecule has 1 aliphatic carbocycles. The van der Waals surface area contributed by atoms with Gasteiger partial charge in [0.15, 0.2) is 11.0 Å². The van der Waals surface area contributed by atoms with Crippen molar-refractivity contribution in [3.05, 3.63) is 63.5 Å². The number of carboxylic acid groups (broad SMARTS) is 1. The summed E-state index contributed by atoms with van der Waals surface area (Å²) in [6.07, 6.45) is 0.942. The van der Waals surface area contributed by atoms with Crippen molar-refractivity contribution in [1.82, 2.24) is 0 Å². The molecule has 30 heavy (non-hydrogen) atoms. The van der Waals surface area contributed by atoms with Crippen LogP contribution in [-0.4, -0.2) is 30.4 Å². The fourth-order valence-electron chi connectivity index (χ4n) is 3.36. The summed E-state index contributed by atoms with van der Waals surface area (Å²) in [5.74, 6) is -1.12. The van der Waals surface area contributed by atoms with Crippen molar-refractivity contribution in [2.45, 2.75) is 18.9 Å². The molecule has 1 N–H and O–H groups in total. The van der Waals surface area contributed by atoms with E-state index in [0.29, 0.717) is 30.8 Å². The lowest BCUT2D eigenvalue weighted by molar-refractivity contribution is -0.151. The average molecular weight is 433 g/mol. The molecule has 1 saturated carbocycles. The van der Waals surface area contributed by atoms with Gasteiger partial charge < -0.3 is 19.0 Å². The minimum atomic E-state index is -0.795. The first-order chi connectivity index (χ1) is 14.4. The molecule has 0 radical (unpaired) electrons. The van der Waals surface area contributed by atoms with Gasteiger partial charge in [0.25, 0.3) is 0 Å². The van der Waals surface area contributed by atoms with Crippen molar-refractivity contribution in [3.63, 3.8) is 0 Å². The van der Waals surface area contributed by atoms with E-state index in [-0.39, 0.29) is 45.8 Å². The largest absolute Gasteiger partial charge is 0.490 e. The number of hydrogen-bond acceptors (Lipinski definition) is 5. The molecule has 8 heteroatoms. The van der Waals surface area contributed by atoms with Crippen LogP contribution in [0.25, 0.3) is 22.3 Å². The van der Waals surface area contributed by atoms with Gasteiger partial charge in [0, 0.05) is 6.07 Å². The van der Waals surface area contributed by atoms with Gasteiger partial charge >= 0.3 is 5.97 Å². The lowest BCUT2D eigenvalue weighted by Gasteiger charge is -2.32. The zero-order valence-corrected chi connectivity index (χ0v) is 16.5. The molecule has 2 aromatic carbocycles. The van der Waals surface area contributed by atoms with E-state index in [1.54, 1.807) is 24.3 Å². The normalized spacial score (nSPS) is 18.2. The van der Waals surface area contributed by atoms with E-state index in [9.17, 15) is 14.0 Å². The fourth-order valence-corrected chi connectivity index (χ4v) is 3.56. The van der Waals surface area contributed by atoms with Crippen LogP contribution in [0.2, 0.25) is 5.02 Å². The Morgan fingerprint density at radius 1 is 1.20 bits per heavy atom. The number of carboxylic acids is 1. The summed E-state index contributed by atoms with van der Waals surface area (Å²) in [5, 5.41) is 8.83. The number of halogens is 2. The summed E-state index contributed by atoms with van der Waals surface area (Å²) < 4.78 is 30.9. The molecule has 1 aromatic heterocycles. The highest BCUT2D eigenvalue weighted by Crippen LogP contribution is 2.34. The standard InChI is InChI=1S/C22H18ClFO6/c23-20-16(24)6-5-14-17(25)11-19(30-21(14)20)15-3-1-2-4-18(15)29-8-7-28-13-9-12(10-13)22(26)27/h1-6,11-13H,7-10H2,(H,26,27). The van der Waals surface area contributed by atoms with Crippen molar-refractivity contribution in [2.75, 3.05) is 13.2 Å². The molecule has 1 fully saturated rings. The van der Waals surface area contributed by atoms with Crippen LogP contribution in [0.3, 0.4) is 0 Å². The average Bonchev–Trinajstić information content (AvgIpc) is 2.69. The second kappa shape index (κ2) is 8.45. The predicted octanol–water partition coefficient (Wildman–Crippen LogP) is 4.51. The maximum absolute atomic E-state index is 13.8. The molecule has 0 atom stereocenters. The van der Waals surface area contributed by atoms with Crippen molar-refractivity contribution < 1.29 is 28.2 Å². The van der Waals surface area contributed by atoms with E-state index < -0.39 is 11.8 Å². The number of benzene rings is 2. The Bertz CT molecular complexity index is 1150. The van der Waals surface area contributed by atoms with Crippen molar-refractivity contribution in [1.29, 1.82) is 0 Å². The van der Waals surface area contributed by atoms with E-state index in [0.717, 1.165) is 6.07 Å². The van der Waals surface area contributed by atoms with Gasteiger partial charge in [-0.3, -0.25) is 9.59 Å². The monoisotopic (exact) mass is 432 g/mol. The van der Waals surface area contributed by atoms with Crippen LogP contribution in [-0.2, 0) is 9.53 Å². The first kappa shape index (κ1) is 20.4. The quantitative estimate of drug-likeness (QED) is 0.553. The first-order valence-corrected chi connectivity index (χ1v) is 9.80. The lowest BCUT2D eigenvalue weighted by atomic mass is 9.82. The molecule has 6 nitrogen and oxygen atoms in total. The SMILES string of the molecule is O=C(O)C1CC(OCCOc2ccccc2-c2cc(=O)c3ccc(F)c(Cl)c3o2)C1. The summed E-state index contributed by atoms with van der Waals surface area (Å²) in [4.78, 5) is 23.3. The van der Waals surface area contributed by atoms with E-state index in [1.165, 1.54) is 12.1 Å². The number of aliphatic carboxylic acids is 1. The minimum absolute atomic E-state index is 0.0183. The molecular weight excluding hydrogens is 415 g/mol. The topological polar surface area (TPSA) is 86.0 Å². The number of hydrogen-bond donors (Lipinski definition) is 1. The lowest BCUT2D eigenvalue weighted by Crippen LogP contribution is -2.37. The summed E-state index contributed by atoms with van der Waals surface area (Å²) in [5.41, 5.74) is 0.158. The number of fused-ring (bicyclic) bond motifs is 1. The molecule has 4 rings (SSSR count). The Labute approximate surface area is 175 Å². The number of carbonyl (C=O) groups is 1. The van der Waals surface area contributed by atoms with E-state index in [4.69, 9.17) is 30.6 Å². The van der Waals surface area contributed by atoms with Crippen LogP contribution >= 0.6 is 11.6 Å². The second-order valence-electron chi connectivity index (χ2n) is 7.06. The van der Waals surface area contributed by atoms with E-state index >= 15 is 0 Å². The van der Waals surface area contributed by atoms with Gasteiger partial charge in [-0.25, -0.2) is 4.39 Å². The Morgan fingerprint density at radius 2 is 1.97 bits per heavy atom. The molecule has 3 aromatic rings. The molecule has 0 spiro atoms. The van der Waals surface area contributed by atoms with Gasteiger partial charge in [-0.2, -0.15) is 0 Å². The molecule has 0 saturated heterocycles. The summed E-state index contributed by atoms with van der Waals surface area (Å²) >= 11 is 5.99. The second-order valence-corrected chi connectivity index (χ2v) is 7.43. The molecule has 0 amide bonds. The molecule has 1 heterocycles. The van der Waals surface area contributed by atoms with Gasteiger partial charge in [-0.05, 0) is 37.1 Å². The van der Waals surface area contributed by atoms with Gasteiger partial charge in [0.05, 0.1) is 29.6 Å². The number of rotatable bonds is 7. The smallest absolute Gasteiger partial charge is 0.306 e. The van der Waals surface area contributed by atoms with Crippen molar-refractivity contribution in [2.24, 2.45) is 5.92 Å². The summed E-state index contributed by atoms with van der Waals surface area (Å²) in [6.45, 7) is 0.530. The third-order valence-electron chi connectivity index (χ3n) is 5.08. The highest BCUT2D eigenvalue weighted by atomic mass is 35.5. The van der Waals surface area contributed by atoms with Crippen LogP contribution in [0, 0.1) is 11.7 Å². The molecular formula is C22H18ClFO6. The number of para-hydroxylation sites is 1. The third-order valence-corrected chi connectivity index (χ3v) is 5.43. The molecule has 0 aliphatic heterocycles. The Kier molecular flexibility index (Phi) is 5.74. The van der Waals surface area contributed by atoms with E-state index in [1.807, 2.05) is 0 Å². The molecule has 0 unspecified atom stereocenters. The zero-order valence-electron chi connectivity index (χ0n) is 15.8. The van der Waals surface area contributed by atoms with Crippen LogP contribution in [0.1, 0.15) is 12.8 Å². The maximum Gasteiger partial charge on any atom is 0.306 e. The molecule has 1 aliphatic rings. The van der Waals surface area contributed by atoms with Crippen LogP contribution in [0.4, 0.5) is 4.39 Å². The van der Waals surface area contributed by atoms with Crippen LogP contribution in [0.15, 0.2) is 51.7 Å². The number of ether oxygens (including phenoxy) is 2. The first-order valence-electron chi connectivity index (χ1n) is 9.42. The Balaban J connectivity index is 1.49. The predicted molar refractivity (Wildman–Crippen MR) is 108 cm³/mol. The molecule has 156 valence electrons.